The highest BCUT2D eigenvalue weighted by atomic mass is 16.5. The van der Waals surface area contributed by atoms with E-state index in [1.165, 1.54) is 56.1 Å². The fraction of sp³-hybridized carbons (Fsp3) is 0.500. The molecule has 0 bridgehead atoms. The molecule has 2 fully saturated rings. The number of benzene rings is 2. The molecule has 1 heterocycles. The Hall–Kier alpha value is -2.11. The van der Waals surface area contributed by atoms with Crippen molar-refractivity contribution in [3.8, 4) is 5.75 Å². The molecule has 5 nitrogen and oxygen atoms in total. The normalized spacial score (nSPS) is 25.3. The zero-order valence-corrected chi connectivity index (χ0v) is 15.9. The number of carboxylic acid groups (broad SMARTS) is 1. The van der Waals surface area contributed by atoms with Gasteiger partial charge in [0.05, 0.1) is 6.10 Å². The molecule has 1 aliphatic carbocycles. The van der Waals surface area contributed by atoms with Crippen molar-refractivity contribution >= 4 is 17.2 Å². The van der Waals surface area contributed by atoms with Crippen molar-refractivity contribution in [2.45, 2.75) is 44.8 Å². The van der Waals surface area contributed by atoms with Crippen molar-refractivity contribution in [2.75, 3.05) is 20.2 Å². The zero-order valence-electron chi connectivity index (χ0n) is 15.9. The molecule has 0 amide bonds. The van der Waals surface area contributed by atoms with Gasteiger partial charge in [0.15, 0.2) is 0 Å². The van der Waals surface area contributed by atoms with Gasteiger partial charge in [0.2, 0.25) is 0 Å². The fourth-order valence-corrected chi connectivity index (χ4v) is 4.97. The standard InChI is InChI=1S/C21H27NO2.CH2O2/c1-24-20-4-2-9-21(20)10-3-11-22(15-21)14-16-5-6-18-13-19(23)8-7-17(18)12-16;2-1-3/h5-8,12-13,20,23H,2-4,9-11,14-15H2,1H3;1H,(H,2,3)/t20-,21-;/m1./s1. The summed E-state index contributed by atoms with van der Waals surface area (Å²) in [5, 5.41) is 18.8. The Morgan fingerprint density at radius 1 is 1.19 bits per heavy atom. The zero-order chi connectivity index (χ0) is 19.3. The van der Waals surface area contributed by atoms with Crippen LogP contribution in [0.1, 0.15) is 37.7 Å². The molecule has 1 saturated carbocycles. The van der Waals surface area contributed by atoms with Crippen LogP contribution in [0.5, 0.6) is 5.75 Å². The Kier molecular flexibility index (Phi) is 6.34. The Morgan fingerprint density at radius 2 is 1.89 bits per heavy atom. The van der Waals surface area contributed by atoms with Crippen LogP contribution in [0.2, 0.25) is 0 Å². The third-order valence-corrected chi connectivity index (χ3v) is 6.09. The molecule has 27 heavy (non-hydrogen) atoms. The number of likely N-dealkylation sites (tertiary alicyclic amines) is 1. The minimum absolute atomic E-state index is 0.250. The van der Waals surface area contributed by atoms with E-state index >= 15 is 0 Å². The predicted molar refractivity (Wildman–Crippen MR) is 106 cm³/mol. The van der Waals surface area contributed by atoms with E-state index < -0.39 is 0 Å². The first-order valence-electron chi connectivity index (χ1n) is 9.65. The van der Waals surface area contributed by atoms with E-state index in [0.717, 1.165) is 11.9 Å². The van der Waals surface area contributed by atoms with Gasteiger partial charge in [-0.15, -0.1) is 0 Å². The number of phenols is 1. The third-order valence-electron chi connectivity index (χ3n) is 6.09. The highest BCUT2D eigenvalue weighted by Gasteiger charge is 2.45. The molecule has 1 aliphatic heterocycles. The number of hydrogen-bond acceptors (Lipinski definition) is 4. The molecule has 0 aromatic heterocycles. The number of fused-ring (bicyclic) bond motifs is 1. The van der Waals surface area contributed by atoms with E-state index in [-0.39, 0.29) is 6.47 Å². The van der Waals surface area contributed by atoms with Gasteiger partial charge in [-0.05, 0) is 66.8 Å². The Bertz CT molecular complexity index is 778. The lowest BCUT2D eigenvalue weighted by Gasteiger charge is -2.43. The molecule has 1 saturated heterocycles. The number of rotatable bonds is 3. The van der Waals surface area contributed by atoms with Crippen molar-refractivity contribution in [1.82, 2.24) is 4.90 Å². The lowest BCUT2D eigenvalue weighted by atomic mass is 9.76. The van der Waals surface area contributed by atoms with Crippen LogP contribution < -0.4 is 0 Å². The van der Waals surface area contributed by atoms with Crippen LogP contribution in [0.4, 0.5) is 0 Å². The summed E-state index contributed by atoms with van der Waals surface area (Å²) in [7, 11) is 1.88. The third kappa shape index (κ3) is 4.42. The van der Waals surface area contributed by atoms with Gasteiger partial charge >= 0.3 is 0 Å². The maximum absolute atomic E-state index is 9.61. The van der Waals surface area contributed by atoms with Crippen LogP contribution in [-0.2, 0) is 16.1 Å². The van der Waals surface area contributed by atoms with E-state index in [1.54, 1.807) is 6.07 Å². The quantitative estimate of drug-likeness (QED) is 0.797. The summed E-state index contributed by atoms with van der Waals surface area (Å²) >= 11 is 0. The maximum atomic E-state index is 9.61. The Balaban J connectivity index is 0.000000659. The van der Waals surface area contributed by atoms with Crippen LogP contribution in [0, 0.1) is 5.41 Å². The minimum atomic E-state index is -0.250. The molecule has 2 N–H and O–H groups in total. The van der Waals surface area contributed by atoms with Crippen LogP contribution in [0.15, 0.2) is 36.4 Å². The van der Waals surface area contributed by atoms with E-state index in [2.05, 4.69) is 23.1 Å². The summed E-state index contributed by atoms with van der Waals surface area (Å²) in [5.74, 6) is 0.333. The van der Waals surface area contributed by atoms with Gasteiger partial charge in [0.1, 0.15) is 5.75 Å². The number of ether oxygens (including phenoxy) is 1. The second-order valence-corrected chi connectivity index (χ2v) is 7.76. The molecule has 146 valence electrons. The van der Waals surface area contributed by atoms with Crippen LogP contribution in [-0.4, -0.2) is 47.9 Å². The molecule has 2 aromatic rings. The monoisotopic (exact) mass is 371 g/mol. The van der Waals surface area contributed by atoms with Crippen molar-refractivity contribution in [1.29, 1.82) is 0 Å². The van der Waals surface area contributed by atoms with Crippen molar-refractivity contribution in [2.24, 2.45) is 5.41 Å². The molecule has 2 aliphatic rings. The summed E-state index contributed by atoms with van der Waals surface area (Å²) in [6, 6.07) is 12.2. The number of hydrogen-bond donors (Lipinski definition) is 2. The summed E-state index contributed by atoms with van der Waals surface area (Å²) in [4.78, 5) is 11.0. The van der Waals surface area contributed by atoms with Gasteiger partial charge in [-0.2, -0.15) is 0 Å². The molecular formula is C22H29NO4. The van der Waals surface area contributed by atoms with E-state index in [1.807, 2.05) is 19.2 Å². The van der Waals surface area contributed by atoms with E-state index in [4.69, 9.17) is 14.6 Å². The van der Waals surface area contributed by atoms with Crippen LogP contribution in [0.25, 0.3) is 10.8 Å². The van der Waals surface area contributed by atoms with Crippen LogP contribution in [0.3, 0.4) is 0 Å². The first-order chi connectivity index (χ1) is 13.1. The summed E-state index contributed by atoms with van der Waals surface area (Å²) in [6.07, 6.45) is 6.90. The second-order valence-electron chi connectivity index (χ2n) is 7.76. The molecule has 2 atom stereocenters. The lowest BCUT2D eigenvalue weighted by Crippen LogP contribution is -2.47. The highest BCUT2D eigenvalue weighted by Crippen LogP contribution is 2.46. The maximum Gasteiger partial charge on any atom is 0.290 e. The number of nitrogens with zero attached hydrogens (tertiary/aromatic N) is 1. The number of aromatic hydroxyl groups is 1. The first-order valence-corrected chi connectivity index (χ1v) is 9.65. The Morgan fingerprint density at radius 3 is 2.67 bits per heavy atom. The van der Waals surface area contributed by atoms with Gasteiger partial charge in [-0.25, -0.2) is 0 Å². The van der Waals surface area contributed by atoms with Gasteiger partial charge < -0.3 is 14.9 Å². The van der Waals surface area contributed by atoms with E-state index in [0.29, 0.717) is 17.3 Å². The van der Waals surface area contributed by atoms with Crippen molar-refractivity contribution in [3.63, 3.8) is 0 Å². The molecule has 4 rings (SSSR count). The van der Waals surface area contributed by atoms with E-state index in [9.17, 15) is 5.11 Å². The lowest BCUT2D eigenvalue weighted by molar-refractivity contribution is -0.122. The van der Waals surface area contributed by atoms with Crippen molar-refractivity contribution in [3.05, 3.63) is 42.0 Å². The average molecular weight is 371 g/mol. The van der Waals surface area contributed by atoms with Gasteiger partial charge in [0, 0.05) is 25.6 Å². The summed E-state index contributed by atoms with van der Waals surface area (Å²) < 4.78 is 5.82. The smallest absolute Gasteiger partial charge is 0.290 e. The average Bonchev–Trinajstić information content (AvgIpc) is 3.04. The minimum Gasteiger partial charge on any atom is -0.508 e. The predicted octanol–water partition coefficient (Wildman–Crippen LogP) is 4.03. The molecule has 5 heteroatoms. The first kappa shape index (κ1) is 19.6. The molecule has 0 unspecified atom stereocenters. The largest absolute Gasteiger partial charge is 0.508 e. The SMILES string of the molecule is CO[C@@H]1CCC[C@]12CCCN(Cc1ccc3cc(O)ccc3c1)C2.O=CO. The number of piperidine rings is 1. The molecular weight excluding hydrogens is 342 g/mol. The second kappa shape index (κ2) is 8.72. The van der Waals surface area contributed by atoms with Gasteiger partial charge in [-0.3, -0.25) is 9.69 Å². The Labute approximate surface area is 160 Å². The van der Waals surface area contributed by atoms with Crippen molar-refractivity contribution < 1.29 is 19.7 Å². The molecule has 2 aromatic carbocycles. The number of phenolic OH excluding ortho intramolecular Hbond substituents is 1. The van der Waals surface area contributed by atoms with Crippen LogP contribution >= 0.6 is 0 Å². The topological polar surface area (TPSA) is 70.0 Å². The summed E-state index contributed by atoms with van der Waals surface area (Å²) in [5.41, 5.74) is 1.74. The van der Waals surface area contributed by atoms with Gasteiger partial charge in [-0.1, -0.05) is 24.6 Å². The highest BCUT2D eigenvalue weighted by molar-refractivity contribution is 5.84. The summed E-state index contributed by atoms with van der Waals surface area (Å²) in [6.45, 7) is 3.11. The molecule has 0 radical (unpaired) electrons. The fourth-order valence-electron chi connectivity index (χ4n) is 4.97. The van der Waals surface area contributed by atoms with Gasteiger partial charge in [0.25, 0.3) is 6.47 Å². The number of carbonyl (C=O) groups is 1. The molecule has 1 spiro atoms. The number of methoxy groups -OCH3 is 1.